The van der Waals surface area contributed by atoms with Crippen molar-refractivity contribution in [2.75, 3.05) is 6.54 Å². The summed E-state index contributed by atoms with van der Waals surface area (Å²) in [6.45, 7) is 7.41. The summed E-state index contributed by atoms with van der Waals surface area (Å²) in [6, 6.07) is 0. The normalized spacial score (nSPS) is 15.6. The van der Waals surface area contributed by atoms with Gasteiger partial charge in [0.2, 0.25) is 5.91 Å². The van der Waals surface area contributed by atoms with Gasteiger partial charge in [-0.2, -0.15) is 5.10 Å². The Labute approximate surface area is 89.7 Å². The largest absolute Gasteiger partial charge is 0.338 e. The van der Waals surface area contributed by atoms with E-state index in [1.807, 2.05) is 4.90 Å². The minimum atomic E-state index is 0.150. The van der Waals surface area contributed by atoms with E-state index in [0.717, 1.165) is 18.7 Å². The molecule has 4 nitrogen and oxygen atoms in total. The van der Waals surface area contributed by atoms with Gasteiger partial charge in [0.05, 0.1) is 5.69 Å². The summed E-state index contributed by atoms with van der Waals surface area (Å²) in [5.41, 5.74) is 3.54. The Hall–Kier alpha value is -1.32. The molecule has 0 aliphatic carbocycles. The third kappa shape index (κ3) is 1.76. The zero-order valence-corrected chi connectivity index (χ0v) is 9.50. The van der Waals surface area contributed by atoms with Gasteiger partial charge in [0.25, 0.3) is 0 Å². The van der Waals surface area contributed by atoms with Crippen LogP contribution in [0.1, 0.15) is 43.6 Å². The molecule has 0 fully saturated rings. The topological polar surface area (TPSA) is 49.0 Å². The van der Waals surface area contributed by atoms with Gasteiger partial charge in [0.1, 0.15) is 0 Å². The maximum absolute atomic E-state index is 11.3. The summed E-state index contributed by atoms with van der Waals surface area (Å²) >= 11 is 0. The standard InChI is InChI=1S/C11H17N3O/c1-7(2)11-9-6-14(8(3)15)5-4-10(9)12-13-11/h7H,4-6H2,1-3H3,(H,12,13). The zero-order chi connectivity index (χ0) is 11.0. The quantitative estimate of drug-likeness (QED) is 0.757. The van der Waals surface area contributed by atoms with Crippen LogP contribution in [0.15, 0.2) is 0 Å². The molecule has 0 bridgehead atoms. The van der Waals surface area contributed by atoms with Crippen LogP contribution in [-0.4, -0.2) is 27.5 Å². The molecule has 1 aliphatic heterocycles. The third-order valence-corrected chi connectivity index (χ3v) is 2.96. The Morgan fingerprint density at radius 3 is 2.87 bits per heavy atom. The summed E-state index contributed by atoms with van der Waals surface area (Å²) in [5.74, 6) is 0.563. The van der Waals surface area contributed by atoms with Gasteiger partial charge in [-0.15, -0.1) is 0 Å². The second-order valence-corrected chi connectivity index (χ2v) is 4.41. The van der Waals surface area contributed by atoms with E-state index < -0.39 is 0 Å². The molecule has 1 aromatic heterocycles. The lowest BCUT2D eigenvalue weighted by Crippen LogP contribution is -2.34. The molecule has 0 aromatic carbocycles. The van der Waals surface area contributed by atoms with Crippen molar-refractivity contribution in [1.82, 2.24) is 15.1 Å². The van der Waals surface area contributed by atoms with Crippen molar-refractivity contribution in [2.24, 2.45) is 0 Å². The number of amides is 1. The van der Waals surface area contributed by atoms with Crippen LogP contribution in [0.3, 0.4) is 0 Å². The van der Waals surface area contributed by atoms with Gasteiger partial charge >= 0.3 is 0 Å². The van der Waals surface area contributed by atoms with E-state index in [-0.39, 0.29) is 5.91 Å². The van der Waals surface area contributed by atoms with E-state index >= 15 is 0 Å². The van der Waals surface area contributed by atoms with Crippen LogP contribution >= 0.6 is 0 Å². The maximum Gasteiger partial charge on any atom is 0.219 e. The first kappa shape index (κ1) is 10.2. The third-order valence-electron chi connectivity index (χ3n) is 2.96. The molecule has 4 heteroatoms. The summed E-state index contributed by atoms with van der Waals surface area (Å²) in [6.07, 6.45) is 0.897. The predicted molar refractivity (Wildman–Crippen MR) is 57.5 cm³/mol. The van der Waals surface area contributed by atoms with Crippen molar-refractivity contribution in [1.29, 1.82) is 0 Å². The van der Waals surface area contributed by atoms with Crippen molar-refractivity contribution < 1.29 is 4.79 Å². The number of carbonyl (C=O) groups excluding carboxylic acids is 1. The van der Waals surface area contributed by atoms with Crippen LogP contribution < -0.4 is 0 Å². The summed E-state index contributed by atoms with van der Waals surface area (Å²) < 4.78 is 0. The highest BCUT2D eigenvalue weighted by atomic mass is 16.2. The molecule has 15 heavy (non-hydrogen) atoms. The van der Waals surface area contributed by atoms with Gasteiger partial charge in [0.15, 0.2) is 0 Å². The molecule has 1 N–H and O–H groups in total. The molecule has 0 spiro atoms. The van der Waals surface area contributed by atoms with Gasteiger partial charge in [-0.3, -0.25) is 9.89 Å². The van der Waals surface area contributed by atoms with Crippen molar-refractivity contribution in [3.05, 3.63) is 17.0 Å². The Bertz CT molecular complexity index is 381. The first-order chi connectivity index (χ1) is 7.09. The monoisotopic (exact) mass is 207 g/mol. The van der Waals surface area contributed by atoms with E-state index in [9.17, 15) is 4.79 Å². The number of aromatic nitrogens is 2. The highest BCUT2D eigenvalue weighted by molar-refractivity contribution is 5.73. The molecule has 0 radical (unpaired) electrons. The Morgan fingerprint density at radius 1 is 1.53 bits per heavy atom. The van der Waals surface area contributed by atoms with E-state index in [4.69, 9.17) is 0 Å². The zero-order valence-electron chi connectivity index (χ0n) is 9.50. The maximum atomic E-state index is 11.3. The number of aromatic amines is 1. The van der Waals surface area contributed by atoms with E-state index in [1.54, 1.807) is 6.92 Å². The van der Waals surface area contributed by atoms with E-state index in [1.165, 1.54) is 11.3 Å². The number of nitrogens with zero attached hydrogens (tertiary/aromatic N) is 2. The molecule has 1 aromatic rings. The highest BCUT2D eigenvalue weighted by Gasteiger charge is 2.24. The number of nitrogens with one attached hydrogen (secondary N) is 1. The molecule has 1 amide bonds. The van der Waals surface area contributed by atoms with Crippen molar-refractivity contribution in [3.63, 3.8) is 0 Å². The Balaban J connectivity index is 2.30. The molecule has 2 heterocycles. The van der Waals surface area contributed by atoms with Crippen molar-refractivity contribution in [2.45, 2.75) is 39.7 Å². The van der Waals surface area contributed by atoms with Crippen LogP contribution in [0.25, 0.3) is 0 Å². The van der Waals surface area contributed by atoms with Gasteiger partial charge in [-0.1, -0.05) is 13.8 Å². The first-order valence-electron chi connectivity index (χ1n) is 5.41. The second kappa shape index (κ2) is 3.68. The fraction of sp³-hybridized carbons (Fsp3) is 0.636. The smallest absolute Gasteiger partial charge is 0.219 e. The minimum Gasteiger partial charge on any atom is -0.338 e. The Kier molecular flexibility index (Phi) is 2.50. The lowest BCUT2D eigenvalue weighted by atomic mass is 9.99. The molecule has 0 saturated heterocycles. The van der Waals surface area contributed by atoms with Crippen LogP contribution in [0.4, 0.5) is 0 Å². The average Bonchev–Trinajstić information content (AvgIpc) is 2.59. The fourth-order valence-corrected chi connectivity index (χ4v) is 2.06. The molecule has 82 valence electrons. The number of carbonyl (C=O) groups is 1. The minimum absolute atomic E-state index is 0.150. The second-order valence-electron chi connectivity index (χ2n) is 4.41. The summed E-state index contributed by atoms with van der Waals surface area (Å²) in [4.78, 5) is 13.2. The van der Waals surface area contributed by atoms with Gasteiger partial charge < -0.3 is 4.90 Å². The van der Waals surface area contributed by atoms with Crippen molar-refractivity contribution >= 4 is 5.91 Å². The molecule has 0 atom stereocenters. The lowest BCUT2D eigenvalue weighted by Gasteiger charge is -2.26. The number of hydrogen-bond acceptors (Lipinski definition) is 2. The molecule has 1 aliphatic rings. The molecule has 0 unspecified atom stereocenters. The van der Waals surface area contributed by atoms with E-state index in [0.29, 0.717) is 12.5 Å². The first-order valence-corrected chi connectivity index (χ1v) is 5.41. The summed E-state index contributed by atoms with van der Waals surface area (Å²) in [7, 11) is 0. The fourth-order valence-electron chi connectivity index (χ4n) is 2.06. The van der Waals surface area contributed by atoms with Crippen LogP contribution in [0, 0.1) is 0 Å². The molecular formula is C11H17N3O. The van der Waals surface area contributed by atoms with Gasteiger partial charge in [0, 0.05) is 37.7 Å². The lowest BCUT2D eigenvalue weighted by molar-refractivity contribution is -0.129. The number of H-pyrrole nitrogens is 1. The Morgan fingerprint density at radius 2 is 2.27 bits per heavy atom. The van der Waals surface area contributed by atoms with Gasteiger partial charge in [-0.25, -0.2) is 0 Å². The molecule has 0 saturated carbocycles. The summed E-state index contributed by atoms with van der Waals surface area (Å²) in [5, 5.41) is 7.41. The number of fused-ring (bicyclic) bond motifs is 1. The molecule has 2 rings (SSSR count). The molecular weight excluding hydrogens is 190 g/mol. The highest BCUT2D eigenvalue weighted by Crippen LogP contribution is 2.25. The van der Waals surface area contributed by atoms with Crippen molar-refractivity contribution in [3.8, 4) is 0 Å². The van der Waals surface area contributed by atoms with E-state index in [2.05, 4.69) is 24.0 Å². The number of rotatable bonds is 1. The predicted octanol–water partition coefficient (Wildman–Crippen LogP) is 1.44. The van der Waals surface area contributed by atoms with Gasteiger partial charge in [-0.05, 0) is 5.92 Å². The number of hydrogen-bond donors (Lipinski definition) is 1. The van der Waals surface area contributed by atoms with Crippen LogP contribution in [-0.2, 0) is 17.8 Å². The average molecular weight is 207 g/mol. The van der Waals surface area contributed by atoms with Crippen LogP contribution in [0.2, 0.25) is 0 Å². The van der Waals surface area contributed by atoms with Crippen LogP contribution in [0.5, 0.6) is 0 Å². The SMILES string of the molecule is CC(=O)N1CCc2[nH]nc(C(C)C)c2C1.